The number of thioether (sulfide) groups is 1. The summed E-state index contributed by atoms with van der Waals surface area (Å²) in [6.45, 7) is 2.93. The average Bonchev–Trinajstić information content (AvgIpc) is 3.37. The molecule has 0 bridgehead atoms. The number of hydrogen-bond donors (Lipinski definition) is 0. The molecule has 4 nitrogen and oxygen atoms in total. The molecule has 0 amide bonds. The summed E-state index contributed by atoms with van der Waals surface area (Å²) in [5.74, 6) is 2.59. The Labute approximate surface area is 175 Å². The summed E-state index contributed by atoms with van der Waals surface area (Å²) in [6, 6.07) is 16.1. The monoisotopic (exact) mass is 413 g/mol. The van der Waals surface area contributed by atoms with Crippen LogP contribution in [-0.4, -0.2) is 20.9 Å². The zero-order chi connectivity index (χ0) is 19.3. The summed E-state index contributed by atoms with van der Waals surface area (Å²) >= 11 is 7.93. The average molecular weight is 414 g/mol. The van der Waals surface area contributed by atoms with Crippen LogP contribution in [0.2, 0.25) is 5.02 Å². The Bertz CT molecular complexity index is 920. The predicted molar refractivity (Wildman–Crippen MR) is 115 cm³/mol. The highest BCUT2D eigenvalue weighted by molar-refractivity contribution is 7.98. The van der Waals surface area contributed by atoms with Gasteiger partial charge in [-0.3, -0.25) is 0 Å². The van der Waals surface area contributed by atoms with Gasteiger partial charge in [0.05, 0.1) is 6.10 Å². The Morgan fingerprint density at radius 3 is 2.54 bits per heavy atom. The summed E-state index contributed by atoms with van der Waals surface area (Å²) in [7, 11) is 0. The van der Waals surface area contributed by atoms with Gasteiger partial charge in [0, 0.05) is 22.9 Å². The molecule has 0 N–H and O–H groups in total. The van der Waals surface area contributed by atoms with Gasteiger partial charge in [-0.25, -0.2) is 0 Å². The summed E-state index contributed by atoms with van der Waals surface area (Å²) in [5, 5.41) is 10.6. The van der Waals surface area contributed by atoms with E-state index in [-0.39, 0.29) is 0 Å². The number of aromatic nitrogens is 3. The van der Waals surface area contributed by atoms with Crippen LogP contribution in [0.25, 0.3) is 11.4 Å². The van der Waals surface area contributed by atoms with Crippen molar-refractivity contribution in [1.29, 1.82) is 0 Å². The highest BCUT2D eigenvalue weighted by Gasteiger charge is 2.17. The van der Waals surface area contributed by atoms with Crippen LogP contribution < -0.4 is 4.74 Å². The third kappa shape index (κ3) is 4.36. The molecule has 6 heteroatoms. The van der Waals surface area contributed by atoms with Crippen molar-refractivity contribution in [2.24, 2.45) is 0 Å². The van der Waals surface area contributed by atoms with Crippen LogP contribution in [0.5, 0.6) is 5.75 Å². The van der Waals surface area contributed by atoms with Crippen molar-refractivity contribution in [2.45, 2.75) is 56.2 Å². The van der Waals surface area contributed by atoms with Gasteiger partial charge in [0.2, 0.25) is 0 Å². The number of benzene rings is 2. The molecule has 2 aromatic carbocycles. The molecule has 0 radical (unpaired) electrons. The lowest BCUT2D eigenvalue weighted by Crippen LogP contribution is -2.10. The molecule has 0 atom stereocenters. The van der Waals surface area contributed by atoms with Crippen molar-refractivity contribution in [2.75, 3.05) is 0 Å². The molecular formula is C22H24ClN3OS. The van der Waals surface area contributed by atoms with E-state index in [1.54, 1.807) is 11.8 Å². The third-order valence-electron chi connectivity index (χ3n) is 5.07. The molecule has 1 fully saturated rings. The maximum atomic E-state index is 6.27. The topological polar surface area (TPSA) is 39.9 Å². The largest absolute Gasteiger partial charge is 0.490 e. The van der Waals surface area contributed by atoms with Gasteiger partial charge in [-0.1, -0.05) is 41.6 Å². The Morgan fingerprint density at radius 2 is 1.82 bits per heavy atom. The number of nitrogens with zero attached hydrogens (tertiary/aromatic N) is 3. The molecule has 146 valence electrons. The smallest absolute Gasteiger partial charge is 0.191 e. The molecule has 1 aromatic heterocycles. The van der Waals surface area contributed by atoms with Crippen LogP contribution in [-0.2, 0) is 12.3 Å². The Morgan fingerprint density at radius 1 is 1.07 bits per heavy atom. The zero-order valence-electron chi connectivity index (χ0n) is 16.0. The van der Waals surface area contributed by atoms with Crippen molar-refractivity contribution < 1.29 is 4.74 Å². The molecule has 0 spiro atoms. The van der Waals surface area contributed by atoms with Gasteiger partial charge in [-0.2, -0.15) is 0 Å². The minimum atomic E-state index is 0.373. The second-order valence-corrected chi connectivity index (χ2v) is 8.33. The molecular weight excluding hydrogens is 390 g/mol. The van der Waals surface area contributed by atoms with Crippen LogP contribution in [0.3, 0.4) is 0 Å². The SMILES string of the molecule is CCn1c(SCc2ccccc2Cl)nnc1-c1ccc(OC2CCCC2)cc1. The lowest BCUT2D eigenvalue weighted by Gasteiger charge is -2.13. The number of hydrogen-bond acceptors (Lipinski definition) is 4. The van der Waals surface area contributed by atoms with E-state index in [4.69, 9.17) is 16.3 Å². The Hall–Kier alpha value is -1.98. The normalized spacial score (nSPS) is 14.5. The van der Waals surface area contributed by atoms with Gasteiger partial charge < -0.3 is 9.30 Å². The van der Waals surface area contributed by atoms with Crippen molar-refractivity contribution in [3.63, 3.8) is 0 Å². The van der Waals surface area contributed by atoms with E-state index in [2.05, 4.69) is 33.8 Å². The first-order valence-electron chi connectivity index (χ1n) is 9.81. The Kier molecular flexibility index (Phi) is 6.23. The number of rotatable bonds is 7. The minimum Gasteiger partial charge on any atom is -0.490 e. The van der Waals surface area contributed by atoms with Gasteiger partial charge in [0.15, 0.2) is 11.0 Å². The van der Waals surface area contributed by atoms with Crippen molar-refractivity contribution in [3.8, 4) is 17.1 Å². The first-order valence-corrected chi connectivity index (χ1v) is 11.2. The summed E-state index contributed by atoms with van der Waals surface area (Å²) in [6.07, 6.45) is 5.25. The molecule has 1 heterocycles. The van der Waals surface area contributed by atoms with Gasteiger partial charge in [-0.05, 0) is 68.5 Å². The van der Waals surface area contributed by atoms with Crippen LogP contribution in [0.1, 0.15) is 38.2 Å². The maximum absolute atomic E-state index is 6.27. The van der Waals surface area contributed by atoms with E-state index in [9.17, 15) is 0 Å². The molecule has 28 heavy (non-hydrogen) atoms. The molecule has 0 unspecified atom stereocenters. The minimum absolute atomic E-state index is 0.373. The van der Waals surface area contributed by atoms with Gasteiger partial charge in [0.1, 0.15) is 5.75 Å². The van der Waals surface area contributed by atoms with E-state index >= 15 is 0 Å². The first-order chi connectivity index (χ1) is 13.7. The van der Waals surface area contributed by atoms with Gasteiger partial charge >= 0.3 is 0 Å². The van der Waals surface area contributed by atoms with Gasteiger partial charge in [0.25, 0.3) is 0 Å². The van der Waals surface area contributed by atoms with Crippen LogP contribution in [0.15, 0.2) is 53.7 Å². The molecule has 1 aliphatic rings. The molecule has 0 saturated heterocycles. The van der Waals surface area contributed by atoms with E-state index in [0.29, 0.717) is 6.10 Å². The van der Waals surface area contributed by atoms with Crippen LogP contribution in [0, 0.1) is 0 Å². The first kappa shape index (κ1) is 19.3. The number of halogens is 1. The lowest BCUT2D eigenvalue weighted by molar-refractivity contribution is 0.210. The second kappa shape index (κ2) is 9.01. The van der Waals surface area contributed by atoms with Gasteiger partial charge in [-0.15, -0.1) is 10.2 Å². The third-order valence-corrected chi connectivity index (χ3v) is 6.45. The van der Waals surface area contributed by atoms with Crippen molar-refractivity contribution >= 4 is 23.4 Å². The fraction of sp³-hybridized carbons (Fsp3) is 0.364. The molecule has 0 aliphatic heterocycles. The zero-order valence-corrected chi connectivity index (χ0v) is 17.5. The molecule has 1 saturated carbocycles. The summed E-state index contributed by atoms with van der Waals surface area (Å²) in [5.41, 5.74) is 2.16. The summed E-state index contributed by atoms with van der Waals surface area (Å²) < 4.78 is 8.21. The number of ether oxygens (including phenoxy) is 1. The highest BCUT2D eigenvalue weighted by Crippen LogP contribution is 2.30. The van der Waals surface area contributed by atoms with Crippen LogP contribution in [0.4, 0.5) is 0 Å². The maximum Gasteiger partial charge on any atom is 0.191 e. The predicted octanol–water partition coefficient (Wildman–Crippen LogP) is 6.23. The fourth-order valence-electron chi connectivity index (χ4n) is 3.53. The van der Waals surface area contributed by atoms with Crippen molar-refractivity contribution in [1.82, 2.24) is 14.8 Å². The highest BCUT2D eigenvalue weighted by atomic mass is 35.5. The standard InChI is InChI=1S/C22H24ClN3OS/c1-2-26-21(16-11-13-19(14-12-16)27-18-8-4-5-9-18)24-25-22(26)28-15-17-7-3-6-10-20(17)23/h3,6-7,10-14,18H,2,4-5,8-9,15H2,1H3. The summed E-state index contributed by atoms with van der Waals surface area (Å²) in [4.78, 5) is 0. The van der Waals surface area contributed by atoms with Crippen molar-refractivity contribution in [3.05, 3.63) is 59.1 Å². The van der Waals surface area contributed by atoms with E-state index in [1.165, 1.54) is 12.8 Å². The second-order valence-electron chi connectivity index (χ2n) is 6.98. The molecule has 1 aliphatic carbocycles. The molecule has 4 rings (SSSR count). The van der Waals surface area contributed by atoms with E-state index in [0.717, 1.165) is 58.0 Å². The quantitative estimate of drug-likeness (QED) is 0.430. The Balaban J connectivity index is 1.48. The fourth-order valence-corrected chi connectivity index (χ4v) is 4.82. The van der Waals surface area contributed by atoms with E-state index in [1.807, 2.05) is 36.4 Å². The lowest BCUT2D eigenvalue weighted by atomic mass is 10.2. The van der Waals surface area contributed by atoms with Crippen LogP contribution >= 0.6 is 23.4 Å². The van der Waals surface area contributed by atoms with E-state index < -0.39 is 0 Å². The molecule has 3 aromatic rings.